The Kier molecular flexibility index (Phi) is 6.45. The molecule has 0 atom stereocenters. The highest BCUT2D eigenvalue weighted by Gasteiger charge is 1.87. The summed E-state index contributed by atoms with van der Waals surface area (Å²) in [5, 5.41) is 0. The number of unbranched alkanes of at least 4 members (excludes halogenated alkanes) is 1. The maximum Gasteiger partial charge on any atom is -0.0144 e. The zero-order chi connectivity index (χ0) is 9.40. The summed E-state index contributed by atoms with van der Waals surface area (Å²) < 4.78 is 0. The van der Waals surface area contributed by atoms with E-state index in [0.29, 0.717) is 0 Å². The van der Waals surface area contributed by atoms with Crippen LogP contribution in [0.1, 0.15) is 39.5 Å². The van der Waals surface area contributed by atoms with E-state index in [1.165, 1.54) is 24.0 Å². The molecule has 0 aromatic heterocycles. The van der Waals surface area contributed by atoms with Crippen molar-refractivity contribution in [2.75, 3.05) is 0 Å². The highest BCUT2D eigenvalue weighted by Crippen LogP contribution is 2.08. The lowest BCUT2D eigenvalue weighted by molar-refractivity contribution is 0.828. The Morgan fingerprint density at radius 2 is 2.00 bits per heavy atom. The van der Waals surface area contributed by atoms with Crippen molar-refractivity contribution in [2.45, 2.75) is 39.5 Å². The molecule has 0 aliphatic rings. The lowest BCUT2D eigenvalue weighted by atomic mass is 10.1. The first-order valence-corrected chi connectivity index (χ1v) is 4.57. The second-order valence-corrected chi connectivity index (χ2v) is 3.39. The molecule has 12 heavy (non-hydrogen) atoms. The van der Waals surface area contributed by atoms with Gasteiger partial charge in [0.2, 0.25) is 0 Å². The van der Waals surface area contributed by atoms with Gasteiger partial charge in [0.15, 0.2) is 0 Å². The SMILES string of the molecule is C=CCC(C)=CCCCC(=C)C. The largest absolute Gasteiger partial charge is 0.103 e. The average Bonchev–Trinajstić information content (AvgIpc) is 1.98. The van der Waals surface area contributed by atoms with Crippen LogP contribution in [0.5, 0.6) is 0 Å². The molecule has 0 rings (SSSR count). The van der Waals surface area contributed by atoms with E-state index in [4.69, 9.17) is 0 Å². The minimum Gasteiger partial charge on any atom is -0.103 e. The minimum atomic E-state index is 1.02. The first kappa shape index (κ1) is 11.2. The van der Waals surface area contributed by atoms with Gasteiger partial charge in [0.1, 0.15) is 0 Å². The summed E-state index contributed by atoms with van der Waals surface area (Å²) in [6.45, 7) is 11.8. The highest BCUT2D eigenvalue weighted by atomic mass is 13.9. The Bertz CT molecular complexity index is 172. The van der Waals surface area contributed by atoms with Crippen LogP contribution >= 0.6 is 0 Å². The van der Waals surface area contributed by atoms with Gasteiger partial charge >= 0.3 is 0 Å². The van der Waals surface area contributed by atoms with E-state index in [1.54, 1.807) is 0 Å². The van der Waals surface area contributed by atoms with Crippen LogP contribution < -0.4 is 0 Å². The van der Waals surface area contributed by atoms with Crippen molar-refractivity contribution in [3.8, 4) is 0 Å². The van der Waals surface area contributed by atoms with Crippen molar-refractivity contribution in [1.29, 1.82) is 0 Å². The van der Waals surface area contributed by atoms with Gasteiger partial charge in [-0.1, -0.05) is 23.3 Å². The molecular weight excluding hydrogens is 144 g/mol. The van der Waals surface area contributed by atoms with Crippen molar-refractivity contribution in [3.05, 3.63) is 36.5 Å². The molecule has 0 aromatic rings. The van der Waals surface area contributed by atoms with Crippen LogP contribution in [-0.2, 0) is 0 Å². The van der Waals surface area contributed by atoms with E-state index in [9.17, 15) is 0 Å². The lowest BCUT2D eigenvalue weighted by Crippen LogP contribution is -1.77. The first-order chi connectivity index (χ1) is 5.66. The summed E-state index contributed by atoms with van der Waals surface area (Å²) in [6.07, 6.45) is 8.82. The zero-order valence-electron chi connectivity index (χ0n) is 8.40. The molecule has 0 aliphatic heterocycles. The average molecular weight is 164 g/mol. The van der Waals surface area contributed by atoms with Crippen LogP contribution in [0.4, 0.5) is 0 Å². The second-order valence-electron chi connectivity index (χ2n) is 3.39. The summed E-state index contributed by atoms with van der Waals surface area (Å²) in [5.41, 5.74) is 2.71. The Hall–Kier alpha value is -0.780. The molecule has 0 aliphatic carbocycles. The normalized spacial score (nSPS) is 11.3. The fourth-order valence-electron chi connectivity index (χ4n) is 1.06. The van der Waals surface area contributed by atoms with Crippen LogP contribution in [0.3, 0.4) is 0 Å². The number of rotatable bonds is 6. The van der Waals surface area contributed by atoms with Gasteiger partial charge in [-0.25, -0.2) is 0 Å². The van der Waals surface area contributed by atoms with Crippen LogP contribution in [0.15, 0.2) is 36.5 Å². The first-order valence-electron chi connectivity index (χ1n) is 4.57. The molecule has 0 unspecified atom stereocenters. The smallest absolute Gasteiger partial charge is 0.0144 e. The highest BCUT2D eigenvalue weighted by molar-refractivity contribution is 5.02. The van der Waals surface area contributed by atoms with Gasteiger partial charge in [-0.15, -0.1) is 13.2 Å². The molecule has 0 nitrogen and oxygen atoms in total. The molecule has 0 radical (unpaired) electrons. The van der Waals surface area contributed by atoms with Crippen molar-refractivity contribution >= 4 is 0 Å². The van der Waals surface area contributed by atoms with E-state index in [0.717, 1.165) is 12.8 Å². The van der Waals surface area contributed by atoms with Gasteiger partial charge in [-0.05, 0) is 39.5 Å². The van der Waals surface area contributed by atoms with E-state index >= 15 is 0 Å². The van der Waals surface area contributed by atoms with Crippen molar-refractivity contribution < 1.29 is 0 Å². The topological polar surface area (TPSA) is 0 Å². The summed E-state index contributed by atoms with van der Waals surface area (Å²) in [5.74, 6) is 0. The Morgan fingerprint density at radius 3 is 2.50 bits per heavy atom. The van der Waals surface area contributed by atoms with Gasteiger partial charge in [-0.2, -0.15) is 0 Å². The third-order valence-corrected chi connectivity index (χ3v) is 1.77. The molecule has 0 heteroatoms. The molecule has 68 valence electrons. The molecule has 0 N–H and O–H groups in total. The Labute approximate surface area is 76.7 Å². The van der Waals surface area contributed by atoms with Gasteiger partial charge < -0.3 is 0 Å². The third-order valence-electron chi connectivity index (χ3n) is 1.77. The fraction of sp³-hybridized carbons (Fsp3) is 0.500. The van der Waals surface area contributed by atoms with Gasteiger partial charge in [0, 0.05) is 0 Å². The monoisotopic (exact) mass is 164 g/mol. The van der Waals surface area contributed by atoms with Crippen LogP contribution in [0.2, 0.25) is 0 Å². The maximum absolute atomic E-state index is 3.87. The van der Waals surface area contributed by atoms with Crippen molar-refractivity contribution in [3.63, 3.8) is 0 Å². The van der Waals surface area contributed by atoms with Crippen molar-refractivity contribution in [2.24, 2.45) is 0 Å². The quantitative estimate of drug-likeness (QED) is 0.406. The van der Waals surface area contributed by atoms with Crippen LogP contribution in [-0.4, -0.2) is 0 Å². The standard InChI is InChI=1S/C12H20/c1-5-8-12(4)10-7-6-9-11(2)3/h5,10H,1-2,6-9H2,3-4H3. The molecule has 0 fully saturated rings. The van der Waals surface area contributed by atoms with Crippen LogP contribution in [0, 0.1) is 0 Å². The van der Waals surface area contributed by atoms with Gasteiger partial charge in [-0.3, -0.25) is 0 Å². The van der Waals surface area contributed by atoms with Crippen molar-refractivity contribution in [1.82, 2.24) is 0 Å². The van der Waals surface area contributed by atoms with Gasteiger partial charge in [0.05, 0.1) is 0 Å². The molecular formula is C12H20. The fourth-order valence-corrected chi connectivity index (χ4v) is 1.06. The minimum absolute atomic E-state index is 1.02. The summed E-state index contributed by atoms with van der Waals surface area (Å²) >= 11 is 0. The summed E-state index contributed by atoms with van der Waals surface area (Å²) in [6, 6.07) is 0. The van der Waals surface area contributed by atoms with E-state index in [-0.39, 0.29) is 0 Å². The Morgan fingerprint density at radius 1 is 1.33 bits per heavy atom. The maximum atomic E-state index is 3.87. The summed E-state index contributed by atoms with van der Waals surface area (Å²) in [4.78, 5) is 0. The Balaban J connectivity index is 3.45. The number of hydrogen-bond acceptors (Lipinski definition) is 0. The summed E-state index contributed by atoms with van der Waals surface area (Å²) in [7, 11) is 0. The predicted octanol–water partition coefficient (Wildman–Crippen LogP) is 4.26. The molecule has 0 bridgehead atoms. The van der Waals surface area contributed by atoms with E-state index in [1.807, 2.05) is 6.08 Å². The molecule has 0 spiro atoms. The van der Waals surface area contributed by atoms with E-state index < -0.39 is 0 Å². The zero-order valence-corrected chi connectivity index (χ0v) is 8.40. The predicted molar refractivity (Wildman–Crippen MR) is 57.2 cm³/mol. The van der Waals surface area contributed by atoms with Crippen LogP contribution in [0.25, 0.3) is 0 Å². The lowest BCUT2D eigenvalue weighted by Gasteiger charge is -1.97. The number of allylic oxidation sites excluding steroid dienone is 4. The molecule has 0 aromatic carbocycles. The number of hydrogen-bond donors (Lipinski definition) is 0. The molecule has 0 saturated heterocycles. The van der Waals surface area contributed by atoms with Gasteiger partial charge in [0.25, 0.3) is 0 Å². The molecule has 0 amide bonds. The third kappa shape index (κ3) is 7.33. The molecule has 0 saturated carbocycles. The van der Waals surface area contributed by atoms with E-state index in [2.05, 4.69) is 33.1 Å². The second kappa shape index (κ2) is 6.90. The molecule has 0 heterocycles.